The Labute approximate surface area is 172 Å². The van der Waals surface area contributed by atoms with Crippen molar-refractivity contribution in [1.29, 1.82) is 0 Å². The summed E-state index contributed by atoms with van der Waals surface area (Å²) in [6, 6.07) is 2.99. The lowest BCUT2D eigenvalue weighted by Gasteiger charge is -2.43. The zero-order valence-electron chi connectivity index (χ0n) is 15.4. The predicted molar refractivity (Wildman–Crippen MR) is 74.3 cm³/mol. The van der Waals surface area contributed by atoms with Crippen LogP contribution in [0.1, 0.15) is 18.1 Å². The highest BCUT2D eigenvalue weighted by Crippen LogP contribution is 2.65. The van der Waals surface area contributed by atoms with Crippen molar-refractivity contribution in [2.24, 2.45) is 0 Å². The molecule has 1 aromatic carbocycles. The molecule has 0 aliphatic carbocycles. The molecule has 0 fully saturated rings. The molecule has 0 saturated heterocycles. The third-order valence-electron chi connectivity index (χ3n) is 4.36. The van der Waals surface area contributed by atoms with Crippen LogP contribution in [0.5, 0.6) is 0 Å². The van der Waals surface area contributed by atoms with Crippen LogP contribution < -0.4 is 0 Å². The number of aryl methyl sites for hydroxylation is 1. The Kier molecular flexibility index (Phi) is 6.85. The number of halogens is 17. The highest BCUT2D eigenvalue weighted by molar-refractivity contribution is 5.33. The summed E-state index contributed by atoms with van der Waals surface area (Å²) in [7, 11) is 0. The van der Waals surface area contributed by atoms with Gasteiger partial charge >= 0.3 is 47.6 Å². The van der Waals surface area contributed by atoms with Gasteiger partial charge in [0.25, 0.3) is 0 Å². The smallest absolute Gasteiger partial charge is 0.194 e. The van der Waals surface area contributed by atoms with Gasteiger partial charge in [0, 0.05) is 5.56 Å². The molecule has 1 aromatic rings. The van der Waals surface area contributed by atoms with Crippen LogP contribution in [0, 0.1) is 6.07 Å². The lowest BCUT2D eigenvalue weighted by molar-refractivity contribution is -0.462. The van der Waals surface area contributed by atoms with E-state index >= 15 is 0 Å². The minimum atomic E-state index is -8.63. The maximum absolute atomic E-state index is 14.2. The third-order valence-corrected chi connectivity index (χ3v) is 4.36. The van der Waals surface area contributed by atoms with Crippen molar-refractivity contribution in [2.45, 2.75) is 61.0 Å². The Hall–Kier alpha value is -1.97. The van der Waals surface area contributed by atoms with Crippen LogP contribution in [0.15, 0.2) is 18.2 Å². The van der Waals surface area contributed by atoms with Gasteiger partial charge in [0.1, 0.15) is 0 Å². The van der Waals surface area contributed by atoms with Crippen molar-refractivity contribution in [1.82, 2.24) is 0 Å². The first-order valence-corrected chi connectivity index (χ1v) is 8.02. The van der Waals surface area contributed by atoms with Gasteiger partial charge in [-0.3, -0.25) is 0 Å². The topological polar surface area (TPSA) is 0 Å². The molecule has 1 radical (unpaired) electrons. The molecule has 17 heteroatoms. The maximum Gasteiger partial charge on any atom is 0.460 e. The third kappa shape index (κ3) is 3.68. The highest BCUT2D eigenvalue weighted by Gasteiger charge is 2.95. The number of benzene rings is 1. The molecule has 0 bridgehead atoms. The summed E-state index contributed by atoms with van der Waals surface area (Å²) in [5, 5.41) is 0. The van der Waals surface area contributed by atoms with E-state index in [1.54, 1.807) is 0 Å². The molecule has 0 aliphatic rings. The normalized spacial score (nSPS) is 15.7. The zero-order chi connectivity index (χ0) is 26.7. The molecule has 0 N–H and O–H groups in total. The average Bonchev–Trinajstić information content (AvgIpc) is 2.65. The van der Waals surface area contributed by atoms with E-state index in [9.17, 15) is 74.6 Å². The van der Waals surface area contributed by atoms with Crippen molar-refractivity contribution in [3.8, 4) is 0 Å². The second-order valence-corrected chi connectivity index (χ2v) is 6.44. The van der Waals surface area contributed by atoms with Gasteiger partial charge in [-0.2, -0.15) is 74.6 Å². The maximum atomic E-state index is 14.2. The molecule has 0 nitrogen and oxygen atoms in total. The number of alkyl halides is 17. The Morgan fingerprint density at radius 1 is 0.576 bits per heavy atom. The van der Waals surface area contributed by atoms with Gasteiger partial charge in [-0.25, -0.2) is 0 Å². The number of hydrogen-bond acceptors (Lipinski definition) is 0. The van der Waals surface area contributed by atoms with E-state index in [0.717, 1.165) is 13.0 Å². The van der Waals surface area contributed by atoms with Gasteiger partial charge < -0.3 is 0 Å². The van der Waals surface area contributed by atoms with Crippen molar-refractivity contribution >= 4 is 0 Å². The van der Waals surface area contributed by atoms with E-state index in [-0.39, 0.29) is 0 Å². The predicted octanol–water partition coefficient (Wildman–Crippen LogP) is 7.52. The second-order valence-electron chi connectivity index (χ2n) is 6.44. The standard InChI is InChI=1S/C16H8F17/c1-2-7-5-3-4-6-8(7)9(17,18)10(19,20)11(21,22)12(23,24)13(25,26)14(27,28)15(29,30)16(31,32)33/h3-5H,2H2,1H3. The monoisotopic (exact) mass is 523 g/mol. The summed E-state index contributed by atoms with van der Waals surface area (Å²) in [4.78, 5) is 0. The van der Waals surface area contributed by atoms with E-state index in [2.05, 4.69) is 0 Å². The minimum Gasteiger partial charge on any atom is -0.194 e. The molecular weight excluding hydrogens is 515 g/mol. The van der Waals surface area contributed by atoms with E-state index in [1.807, 2.05) is 0 Å². The van der Waals surface area contributed by atoms with Gasteiger partial charge in [0.2, 0.25) is 0 Å². The first-order valence-electron chi connectivity index (χ1n) is 8.02. The molecule has 0 amide bonds. The van der Waals surface area contributed by atoms with Gasteiger partial charge in [0.15, 0.2) is 0 Å². The van der Waals surface area contributed by atoms with Crippen LogP contribution in [-0.2, 0) is 12.3 Å². The summed E-state index contributed by atoms with van der Waals surface area (Å²) in [5.74, 6) is -56.5. The quantitative estimate of drug-likeness (QED) is 0.310. The van der Waals surface area contributed by atoms with Gasteiger partial charge in [-0.05, 0) is 18.1 Å². The zero-order valence-corrected chi connectivity index (χ0v) is 15.4. The Morgan fingerprint density at radius 2 is 0.939 bits per heavy atom. The molecule has 33 heavy (non-hydrogen) atoms. The summed E-state index contributed by atoms with van der Waals surface area (Å²) < 4.78 is 226. The molecule has 191 valence electrons. The van der Waals surface area contributed by atoms with Crippen molar-refractivity contribution < 1.29 is 74.6 Å². The average molecular weight is 523 g/mol. The van der Waals surface area contributed by atoms with Crippen LogP contribution in [-0.4, -0.2) is 41.7 Å². The minimum absolute atomic E-state index is 0.363. The van der Waals surface area contributed by atoms with Crippen LogP contribution in [0.4, 0.5) is 74.6 Å². The SMILES string of the molecule is CCc1ccc[c]c1C(F)(F)C(F)(F)C(F)(F)C(F)(F)C(F)(F)C(F)(F)C(F)(F)C(F)(F)F. The van der Waals surface area contributed by atoms with Crippen molar-refractivity contribution in [3.63, 3.8) is 0 Å². The van der Waals surface area contributed by atoms with E-state index in [4.69, 9.17) is 0 Å². The molecule has 0 aliphatic heterocycles. The fourth-order valence-electron chi connectivity index (χ4n) is 2.38. The van der Waals surface area contributed by atoms with Crippen LogP contribution in [0.3, 0.4) is 0 Å². The highest BCUT2D eigenvalue weighted by atomic mass is 19.4. The molecule has 0 atom stereocenters. The summed E-state index contributed by atoms with van der Waals surface area (Å²) in [5.41, 5.74) is -3.26. The molecule has 0 heterocycles. The number of rotatable bonds is 8. The van der Waals surface area contributed by atoms with E-state index < -0.39 is 65.2 Å². The first-order chi connectivity index (χ1) is 14.3. The van der Waals surface area contributed by atoms with E-state index in [0.29, 0.717) is 12.1 Å². The molecular formula is C16H8F17. The summed E-state index contributed by atoms with van der Waals surface area (Å²) in [6.07, 6.45) is -8.46. The van der Waals surface area contributed by atoms with Crippen LogP contribution in [0.2, 0.25) is 0 Å². The second kappa shape index (κ2) is 7.78. The Morgan fingerprint density at radius 3 is 1.30 bits per heavy atom. The van der Waals surface area contributed by atoms with Crippen LogP contribution >= 0.6 is 0 Å². The van der Waals surface area contributed by atoms with Crippen molar-refractivity contribution in [2.75, 3.05) is 0 Å². The summed E-state index contributed by atoms with van der Waals surface area (Å²) in [6.45, 7) is 0.946. The molecule has 0 saturated carbocycles. The first kappa shape index (κ1) is 29.1. The Balaban J connectivity index is 3.77. The fourth-order valence-corrected chi connectivity index (χ4v) is 2.38. The molecule has 0 spiro atoms. The Bertz CT molecular complexity index is 849. The number of hydrogen-bond donors (Lipinski definition) is 0. The fraction of sp³-hybridized carbons (Fsp3) is 0.625. The van der Waals surface area contributed by atoms with Crippen LogP contribution in [0.25, 0.3) is 0 Å². The van der Waals surface area contributed by atoms with Crippen molar-refractivity contribution in [3.05, 3.63) is 35.4 Å². The van der Waals surface area contributed by atoms with Gasteiger partial charge in [0.05, 0.1) is 0 Å². The lowest BCUT2D eigenvalue weighted by atomic mass is 9.86. The van der Waals surface area contributed by atoms with Gasteiger partial charge in [-0.15, -0.1) is 0 Å². The molecule has 0 unspecified atom stereocenters. The largest absolute Gasteiger partial charge is 0.460 e. The molecule has 0 aromatic heterocycles. The molecule has 1 rings (SSSR count). The van der Waals surface area contributed by atoms with E-state index in [1.165, 1.54) is 6.07 Å². The lowest BCUT2D eigenvalue weighted by Crippen LogP contribution is -2.74. The van der Waals surface area contributed by atoms with Gasteiger partial charge in [-0.1, -0.05) is 25.1 Å². The summed E-state index contributed by atoms with van der Waals surface area (Å²) >= 11 is 0.